The molecule has 1 saturated carbocycles. The Morgan fingerprint density at radius 2 is 1.86 bits per heavy atom. The van der Waals surface area contributed by atoms with Gasteiger partial charge < -0.3 is 10.2 Å². The Morgan fingerprint density at radius 3 is 2.47 bits per heavy atom. The number of aromatic nitrogens is 1. The van der Waals surface area contributed by atoms with Crippen molar-refractivity contribution in [2.24, 2.45) is 5.92 Å². The molecule has 0 radical (unpaired) electrons. The molecule has 0 aliphatic heterocycles. The molecule has 2 aromatic carbocycles. The summed E-state index contributed by atoms with van der Waals surface area (Å²) in [5, 5.41) is 3.08. The Kier molecular flexibility index (Phi) is 7.91. The molecule has 0 saturated heterocycles. The van der Waals surface area contributed by atoms with E-state index in [1.807, 2.05) is 35.2 Å². The number of benzene rings is 2. The van der Waals surface area contributed by atoms with Gasteiger partial charge in [-0.3, -0.25) is 9.78 Å². The number of halogens is 4. The SMILES string of the molecule is Cc1cc(N(CCCc2ccc(C(F)(F)F)nc2)C(C(=O)NCC2CC2)c2ccccc2)ccc1F. The van der Waals surface area contributed by atoms with Gasteiger partial charge >= 0.3 is 6.18 Å². The molecule has 1 aliphatic carbocycles. The highest BCUT2D eigenvalue weighted by atomic mass is 19.4. The second-order valence-electron chi connectivity index (χ2n) is 9.28. The van der Waals surface area contributed by atoms with Gasteiger partial charge in [-0.2, -0.15) is 13.2 Å². The number of nitrogens with one attached hydrogen (secondary N) is 1. The minimum atomic E-state index is -4.48. The molecule has 3 aromatic rings. The standard InChI is InChI=1S/C28H29F4N3O/c1-19-16-23(12-13-24(19)29)35(15-5-6-20-11-14-25(33-17-20)28(30,31)32)26(22-7-3-2-4-8-22)27(36)34-18-21-9-10-21/h2-4,7-8,11-14,16-17,21,26H,5-6,9-10,15,18H2,1H3,(H,34,36). The summed E-state index contributed by atoms with van der Waals surface area (Å²) in [4.78, 5) is 19.0. The lowest BCUT2D eigenvalue weighted by atomic mass is 10.0. The number of alkyl halides is 3. The van der Waals surface area contributed by atoms with Gasteiger partial charge in [0.1, 0.15) is 17.6 Å². The molecule has 190 valence electrons. The van der Waals surface area contributed by atoms with Crippen molar-refractivity contribution in [2.75, 3.05) is 18.0 Å². The maximum absolute atomic E-state index is 14.1. The molecule has 1 fully saturated rings. The normalized spacial score (nSPS) is 14.4. The summed E-state index contributed by atoms with van der Waals surface area (Å²) in [7, 11) is 0. The van der Waals surface area contributed by atoms with E-state index in [-0.39, 0.29) is 11.7 Å². The summed E-state index contributed by atoms with van der Waals surface area (Å²) in [5.41, 5.74) is 1.73. The molecule has 1 N–H and O–H groups in total. The maximum Gasteiger partial charge on any atom is 0.433 e. The highest BCUT2D eigenvalue weighted by Gasteiger charge is 2.32. The summed E-state index contributed by atoms with van der Waals surface area (Å²) < 4.78 is 52.6. The van der Waals surface area contributed by atoms with Crippen molar-refractivity contribution in [2.45, 2.75) is 44.8 Å². The summed E-state index contributed by atoms with van der Waals surface area (Å²) >= 11 is 0. The van der Waals surface area contributed by atoms with Crippen LogP contribution in [0.4, 0.5) is 23.2 Å². The van der Waals surface area contributed by atoms with Crippen LogP contribution in [0.3, 0.4) is 0 Å². The van der Waals surface area contributed by atoms with Crippen LogP contribution in [0.1, 0.15) is 47.7 Å². The first-order valence-electron chi connectivity index (χ1n) is 12.1. The summed E-state index contributed by atoms with van der Waals surface area (Å²) in [6.07, 6.45) is 0.0189. The maximum atomic E-state index is 14.1. The van der Waals surface area contributed by atoms with Gasteiger partial charge in [-0.25, -0.2) is 4.39 Å². The predicted molar refractivity (Wildman–Crippen MR) is 131 cm³/mol. The molecule has 1 unspecified atom stereocenters. The van der Waals surface area contributed by atoms with E-state index in [2.05, 4.69) is 10.3 Å². The molecule has 36 heavy (non-hydrogen) atoms. The molecular weight excluding hydrogens is 470 g/mol. The molecule has 1 heterocycles. The van der Waals surface area contributed by atoms with E-state index in [0.717, 1.165) is 24.5 Å². The fraction of sp³-hybridized carbons (Fsp3) is 0.357. The van der Waals surface area contributed by atoms with Crippen LogP contribution < -0.4 is 10.2 Å². The number of carbonyl (C=O) groups is 1. The second kappa shape index (κ2) is 11.1. The molecule has 1 atom stereocenters. The Hall–Kier alpha value is -3.42. The number of amides is 1. The van der Waals surface area contributed by atoms with E-state index in [4.69, 9.17) is 0 Å². The number of hydrogen-bond donors (Lipinski definition) is 1. The smallest absolute Gasteiger partial charge is 0.356 e. The van der Waals surface area contributed by atoms with Crippen LogP contribution in [0.25, 0.3) is 0 Å². The van der Waals surface area contributed by atoms with E-state index in [0.29, 0.717) is 48.7 Å². The van der Waals surface area contributed by atoms with E-state index in [9.17, 15) is 22.4 Å². The van der Waals surface area contributed by atoms with Crippen molar-refractivity contribution in [1.82, 2.24) is 10.3 Å². The summed E-state index contributed by atoms with van der Waals surface area (Å²) in [6, 6.07) is 16.0. The summed E-state index contributed by atoms with van der Waals surface area (Å²) in [5.74, 6) is 0.0503. The first-order valence-corrected chi connectivity index (χ1v) is 12.1. The number of anilines is 1. The number of pyridine rings is 1. The number of aryl methyl sites for hydroxylation is 2. The summed E-state index contributed by atoms with van der Waals surface area (Å²) in [6.45, 7) is 2.73. The van der Waals surface area contributed by atoms with Gasteiger partial charge in [-0.05, 0) is 79.5 Å². The fourth-order valence-electron chi connectivity index (χ4n) is 4.18. The quantitative estimate of drug-likeness (QED) is 0.335. The zero-order chi connectivity index (χ0) is 25.7. The Morgan fingerprint density at radius 1 is 1.11 bits per heavy atom. The van der Waals surface area contributed by atoms with Crippen LogP contribution in [-0.2, 0) is 17.4 Å². The topological polar surface area (TPSA) is 45.2 Å². The van der Waals surface area contributed by atoms with Crippen molar-refractivity contribution >= 4 is 11.6 Å². The molecular formula is C28H29F4N3O. The third kappa shape index (κ3) is 6.62. The van der Waals surface area contributed by atoms with Crippen LogP contribution in [0.15, 0.2) is 66.9 Å². The van der Waals surface area contributed by atoms with Gasteiger partial charge in [0, 0.05) is 25.0 Å². The van der Waals surface area contributed by atoms with Crippen molar-refractivity contribution in [3.63, 3.8) is 0 Å². The number of nitrogens with zero attached hydrogens (tertiary/aromatic N) is 2. The molecule has 4 nitrogen and oxygen atoms in total. The van der Waals surface area contributed by atoms with Crippen molar-refractivity contribution in [3.05, 3.63) is 95.1 Å². The monoisotopic (exact) mass is 499 g/mol. The number of rotatable bonds is 10. The molecule has 0 bridgehead atoms. The average Bonchev–Trinajstić information content (AvgIpc) is 3.69. The van der Waals surface area contributed by atoms with E-state index in [1.165, 1.54) is 18.3 Å². The first-order chi connectivity index (χ1) is 17.2. The number of hydrogen-bond acceptors (Lipinski definition) is 3. The van der Waals surface area contributed by atoms with Crippen LogP contribution in [0.5, 0.6) is 0 Å². The average molecular weight is 500 g/mol. The van der Waals surface area contributed by atoms with Gasteiger partial charge in [0.25, 0.3) is 0 Å². The van der Waals surface area contributed by atoms with Crippen LogP contribution >= 0.6 is 0 Å². The lowest BCUT2D eigenvalue weighted by molar-refractivity contribution is -0.141. The van der Waals surface area contributed by atoms with Gasteiger partial charge in [0.05, 0.1) is 0 Å². The molecule has 4 rings (SSSR count). The molecule has 1 aliphatic rings. The largest absolute Gasteiger partial charge is 0.433 e. The molecule has 0 spiro atoms. The fourth-order valence-corrected chi connectivity index (χ4v) is 4.18. The minimum absolute atomic E-state index is 0.133. The van der Waals surface area contributed by atoms with Crippen molar-refractivity contribution in [1.29, 1.82) is 0 Å². The second-order valence-corrected chi connectivity index (χ2v) is 9.28. The number of carbonyl (C=O) groups excluding carboxylic acids is 1. The third-order valence-electron chi connectivity index (χ3n) is 6.39. The van der Waals surface area contributed by atoms with E-state index in [1.54, 1.807) is 19.1 Å². The third-order valence-corrected chi connectivity index (χ3v) is 6.39. The van der Waals surface area contributed by atoms with Gasteiger partial charge in [0.2, 0.25) is 5.91 Å². The van der Waals surface area contributed by atoms with Crippen molar-refractivity contribution in [3.8, 4) is 0 Å². The lowest BCUT2D eigenvalue weighted by Gasteiger charge is -2.33. The highest BCUT2D eigenvalue weighted by molar-refractivity contribution is 5.86. The highest BCUT2D eigenvalue weighted by Crippen LogP contribution is 2.32. The first kappa shape index (κ1) is 25.7. The van der Waals surface area contributed by atoms with Crippen LogP contribution in [0, 0.1) is 18.7 Å². The van der Waals surface area contributed by atoms with Gasteiger partial charge in [-0.15, -0.1) is 0 Å². The molecule has 1 aromatic heterocycles. The van der Waals surface area contributed by atoms with Crippen LogP contribution in [0.2, 0.25) is 0 Å². The Balaban J connectivity index is 1.58. The zero-order valence-corrected chi connectivity index (χ0v) is 20.1. The molecule has 1 amide bonds. The van der Waals surface area contributed by atoms with Crippen LogP contribution in [-0.4, -0.2) is 24.0 Å². The van der Waals surface area contributed by atoms with E-state index >= 15 is 0 Å². The van der Waals surface area contributed by atoms with Gasteiger partial charge in [-0.1, -0.05) is 36.4 Å². The Bertz CT molecular complexity index is 1160. The minimum Gasteiger partial charge on any atom is -0.356 e. The van der Waals surface area contributed by atoms with Crippen molar-refractivity contribution < 1.29 is 22.4 Å². The predicted octanol–water partition coefficient (Wildman–Crippen LogP) is 6.25. The van der Waals surface area contributed by atoms with Gasteiger partial charge in [0.15, 0.2) is 0 Å². The van der Waals surface area contributed by atoms with E-state index < -0.39 is 17.9 Å². The molecule has 8 heteroatoms. The Labute approximate surface area is 208 Å². The lowest BCUT2D eigenvalue weighted by Crippen LogP contribution is -2.42. The zero-order valence-electron chi connectivity index (χ0n) is 20.1.